The molecule has 0 fully saturated rings. The van der Waals surface area contributed by atoms with Crippen LogP contribution in [0.3, 0.4) is 0 Å². The lowest BCUT2D eigenvalue weighted by atomic mass is 10.1. The zero-order valence-electron chi connectivity index (χ0n) is 10.8. The fraction of sp³-hybridized carbons (Fsp3) is 0.250. The van der Waals surface area contributed by atoms with Crippen molar-refractivity contribution < 1.29 is 8.42 Å². The summed E-state index contributed by atoms with van der Waals surface area (Å²) >= 11 is 0. The third kappa shape index (κ3) is 2.70. The van der Waals surface area contributed by atoms with Gasteiger partial charge in [-0.05, 0) is 30.2 Å². The van der Waals surface area contributed by atoms with Crippen molar-refractivity contribution in [2.24, 2.45) is 7.05 Å². The number of hydrogen-bond donors (Lipinski definition) is 2. The van der Waals surface area contributed by atoms with E-state index in [4.69, 9.17) is 5.73 Å². The average Bonchev–Trinajstić information content (AvgIpc) is 2.76. The van der Waals surface area contributed by atoms with Crippen LogP contribution in [-0.4, -0.2) is 18.2 Å². The highest BCUT2D eigenvalue weighted by molar-refractivity contribution is 7.92. The second-order valence-electron chi connectivity index (χ2n) is 4.17. The minimum atomic E-state index is -3.64. The Kier molecular flexibility index (Phi) is 3.48. The molecule has 102 valence electrons. The number of nitrogens with one attached hydrogen (secondary N) is 1. The molecule has 0 bridgehead atoms. The van der Waals surface area contributed by atoms with Crippen molar-refractivity contribution in [3.63, 3.8) is 0 Å². The highest BCUT2D eigenvalue weighted by Crippen LogP contribution is 2.21. The van der Waals surface area contributed by atoms with Crippen LogP contribution in [0.25, 0.3) is 0 Å². The van der Waals surface area contributed by atoms with E-state index in [0.717, 1.165) is 12.0 Å². The van der Waals surface area contributed by atoms with Gasteiger partial charge in [-0.3, -0.25) is 9.40 Å². The minimum absolute atomic E-state index is 0.102. The summed E-state index contributed by atoms with van der Waals surface area (Å²) in [6.07, 6.45) is 2.24. The van der Waals surface area contributed by atoms with E-state index in [9.17, 15) is 8.42 Å². The Morgan fingerprint density at radius 1 is 1.37 bits per heavy atom. The molecule has 0 saturated carbocycles. The van der Waals surface area contributed by atoms with Gasteiger partial charge in [-0.2, -0.15) is 13.5 Å². The van der Waals surface area contributed by atoms with Crippen LogP contribution in [-0.2, 0) is 23.5 Å². The smallest absolute Gasteiger partial charge is 0.279 e. The Balaban J connectivity index is 2.31. The van der Waals surface area contributed by atoms with Gasteiger partial charge in [-0.1, -0.05) is 13.0 Å². The van der Waals surface area contributed by atoms with Crippen LogP contribution in [0.4, 0.5) is 11.4 Å². The zero-order chi connectivity index (χ0) is 14.0. The number of anilines is 2. The molecular weight excluding hydrogens is 264 g/mol. The van der Waals surface area contributed by atoms with Gasteiger partial charge in [0.1, 0.15) is 0 Å². The van der Waals surface area contributed by atoms with E-state index in [1.807, 2.05) is 13.0 Å². The van der Waals surface area contributed by atoms with Gasteiger partial charge in [-0.15, -0.1) is 0 Å². The Bertz CT molecular complexity index is 692. The van der Waals surface area contributed by atoms with E-state index < -0.39 is 10.0 Å². The number of sulfonamides is 1. The van der Waals surface area contributed by atoms with Crippen LogP contribution in [0.15, 0.2) is 35.5 Å². The summed E-state index contributed by atoms with van der Waals surface area (Å²) in [6, 6.07) is 6.57. The summed E-state index contributed by atoms with van der Waals surface area (Å²) in [7, 11) is -2.07. The first-order chi connectivity index (χ1) is 8.94. The summed E-state index contributed by atoms with van der Waals surface area (Å²) in [6.45, 7) is 1.99. The lowest BCUT2D eigenvalue weighted by Crippen LogP contribution is -2.16. The van der Waals surface area contributed by atoms with Crippen LogP contribution in [0.2, 0.25) is 0 Å². The molecule has 0 unspecified atom stereocenters. The van der Waals surface area contributed by atoms with Crippen LogP contribution in [0.5, 0.6) is 0 Å². The molecule has 1 aromatic carbocycles. The van der Waals surface area contributed by atoms with Gasteiger partial charge >= 0.3 is 0 Å². The molecule has 0 aliphatic carbocycles. The lowest BCUT2D eigenvalue weighted by Gasteiger charge is -2.10. The molecule has 7 heteroatoms. The molecule has 0 aliphatic rings. The van der Waals surface area contributed by atoms with E-state index in [0.29, 0.717) is 11.4 Å². The molecule has 0 saturated heterocycles. The molecule has 2 aromatic rings. The fourth-order valence-electron chi connectivity index (χ4n) is 1.81. The standard InChI is InChI=1S/C12H16N4O2S/c1-3-9-4-5-10(8-11(9)13)15-19(17,18)12-6-7-14-16(12)2/h4-8,15H,3,13H2,1-2H3. The van der Waals surface area contributed by atoms with Gasteiger partial charge < -0.3 is 5.73 Å². The van der Waals surface area contributed by atoms with E-state index in [-0.39, 0.29) is 5.03 Å². The molecule has 19 heavy (non-hydrogen) atoms. The van der Waals surface area contributed by atoms with Crippen LogP contribution in [0.1, 0.15) is 12.5 Å². The Labute approximate surface area is 112 Å². The average molecular weight is 280 g/mol. The van der Waals surface area contributed by atoms with Gasteiger partial charge in [0.25, 0.3) is 10.0 Å². The molecule has 3 N–H and O–H groups in total. The van der Waals surface area contributed by atoms with E-state index in [2.05, 4.69) is 9.82 Å². The van der Waals surface area contributed by atoms with Gasteiger partial charge in [0.15, 0.2) is 5.03 Å². The normalized spacial score (nSPS) is 11.5. The topological polar surface area (TPSA) is 90.0 Å². The summed E-state index contributed by atoms with van der Waals surface area (Å²) in [5.74, 6) is 0. The maximum absolute atomic E-state index is 12.1. The van der Waals surface area contributed by atoms with E-state index >= 15 is 0 Å². The highest BCUT2D eigenvalue weighted by atomic mass is 32.2. The van der Waals surface area contributed by atoms with Crippen molar-refractivity contribution in [2.45, 2.75) is 18.4 Å². The number of aromatic nitrogens is 2. The Morgan fingerprint density at radius 2 is 2.11 bits per heavy atom. The van der Waals surface area contributed by atoms with Crippen LogP contribution in [0, 0.1) is 0 Å². The summed E-state index contributed by atoms with van der Waals surface area (Å²) in [5.41, 5.74) is 7.85. The van der Waals surface area contributed by atoms with Crippen LogP contribution < -0.4 is 10.5 Å². The van der Waals surface area contributed by atoms with Gasteiger partial charge in [0.2, 0.25) is 0 Å². The van der Waals surface area contributed by atoms with Crippen molar-refractivity contribution in [1.29, 1.82) is 0 Å². The first kappa shape index (κ1) is 13.4. The predicted octanol–water partition coefficient (Wildman–Crippen LogP) is 1.37. The molecule has 0 amide bonds. The third-order valence-electron chi connectivity index (χ3n) is 2.83. The van der Waals surface area contributed by atoms with Crippen LogP contribution >= 0.6 is 0 Å². The lowest BCUT2D eigenvalue weighted by molar-refractivity contribution is 0.582. The van der Waals surface area contributed by atoms with Crippen molar-refractivity contribution in [1.82, 2.24) is 9.78 Å². The molecule has 0 radical (unpaired) electrons. The van der Waals surface area contributed by atoms with E-state index in [1.165, 1.54) is 16.9 Å². The molecular formula is C12H16N4O2S. The Morgan fingerprint density at radius 3 is 2.63 bits per heavy atom. The van der Waals surface area contributed by atoms with Crippen molar-refractivity contribution in [2.75, 3.05) is 10.5 Å². The first-order valence-electron chi connectivity index (χ1n) is 5.83. The zero-order valence-corrected chi connectivity index (χ0v) is 11.6. The number of nitrogen functional groups attached to an aromatic ring is 1. The van der Waals surface area contributed by atoms with Crippen molar-refractivity contribution in [3.05, 3.63) is 36.0 Å². The maximum Gasteiger partial charge on any atom is 0.279 e. The van der Waals surface area contributed by atoms with Crippen molar-refractivity contribution >= 4 is 21.4 Å². The summed E-state index contributed by atoms with van der Waals surface area (Å²) in [5, 5.41) is 3.94. The second-order valence-corrected chi connectivity index (χ2v) is 5.79. The minimum Gasteiger partial charge on any atom is -0.398 e. The molecule has 0 atom stereocenters. The largest absolute Gasteiger partial charge is 0.398 e. The number of rotatable bonds is 4. The molecule has 1 heterocycles. The number of nitrogens with zero attached hydrogens (tertiary/aromatic N) is 2. The Hall–Kier alpha value is -2.02. The molecule has 1 aromatic heterocycles. The molecule has 0 spiro atoms. The number of hydrogen-bond acceptors (Lipinski definition) is 4. The van der Waals surface area contributed by atoms with Crippen molar-refractivity contribution in [3.8, 4) is 0 Å². The quantitative estimate of drug-likeness (QED) is 0.828. The predicted molar refractivity (Wildman–Crippen MR) is 74.2 cm³/mol. The fourth-order valence-corrected chi connectivity index (χ4v) is 2.99. The van der Waals surface area contributed by atoms with Gasteiger partial charge in [0.05, 0.1) is 11.9 Å². The molecule has 0 aliphatic heterocycles. The molecule has 2 rings (SSSR count). The first-order valence-corrected chi connectivity index (χ1v) is 7.31. The van der Waals surface area contributed by atoms with Gasteiger partial charge in [-0.25, -0.2) is 0 Å². The molecule has 6 nitrogen and oxygen atoms in total. The second kappa shape index (κ2) is 4.93. The highest BCUT2D eigenvalue weighted by Gasteiger charge is 2.18. The maximum atomic E-state index is 12.1. The summed E-state index contributed by atoms with van der Waals surface area (Å²) < 4.78 is 28.1. The van der Waals surface area contributed by atoms with Gasteiger partial charge in [0, 0.05) is 12.7 Å². The number of aryl methyl sites for hydroxylation is 2. The monoisotopic (exact) mass is 280 g/mol. The number of benzene rings is 1. The van der Waals surface area contributed by atoms with E-state index in [1.54, 1.807) is 19.2 Å². The summed E-state index contributed by atoms with van der Waals surface area (Å²) in [4.78, 5) is 0. The third-order valence-corrected chi connectivity index (χ3v) is 4.29. The SMILES string of the molecule is CCc1ccc(NS(=O)(=O)c2ccnn2C)cc1N. The number of nitrogens with two attached hydrogens (primary N) is 1.